The van der Waals surface area contributed by atoms with Gasteiger partial charge in [-0.3, -0.25) is 0 Å². The lowest BCUT2D eigenvalue weighted by Crippen LogP contribution is -2.08. The van der Waals surface area contributed by atoms with Crippen molar-refractivity contribution >= 4 is 18.0 Å². The SMILES string of the molecule is NC1=NC(=C=O)N=C1. The molecule has 2 N–H and O–H groups in total. The van der Waals surface area contributed by atoms with Crippen molar-refractivity contribution in [1.82, 2.24) is 0 Å². The highest BCUT2D eigenvalue weighted by molar-refractivity contribution is 6.30. The van der Waals surface area contributed by atoms with E-state index >= 15 is 0 Å². The number of aliphatic imine (C=N–C) groups is 2. The van der Waals surface area contributed by atoms with Crippen LogP contribution in [-0.2, 0) is 4.79 Å². The van der Waals surface area contributed by atoms with Crippen LogP contribution in [0.2, 0.25) is 0 Å². The first-order valence-corrected chi connectivity index (χ1v) is 1.96. The van der Waals surface area contributed by atoms with E-state index in [1.807, 2.05) is 0 Å². The molecule has 0 fully saturated rings. The maximum Gasteiger partial charge on any atom is 0.240 e. The van der Waals surface area contributed by atoms with Crippen molar-refractivity contribution in [3.8, 4) is 0 Å². The van der Waals surface area contributed by atoms with Gasteiger partial charge in [-0.2, -0.15) is 4.99 Å². The average Bonchev–Trinajstić information content (AvgIpc) is 2.14. The van der Waals surface area contributed by atoms with Gasteiger partial charge in [0.2, 0.25) is 5.82 Å². The molecule has 1 heterocycles. The van der Waals surface area contributed by atoms with Gasteiger partial charge in [0.05, 0.1) is 6.21 Å². The third-order valence-electron chi connectivity index (χ3n) is 0.645. The molecule has 0 aromatic rings. The Morgan fingerprint density at radius 2 is 2.50 bits per heavy atom. The number of nitrogens with zero attached hydrogens (tertiary/aromatic N) is 2. The van der Waals surface area contributed by atoms with E-state index in [9.17, 15) is 4.79 Å². The Hall–Kier alpha value is -1.41. The summed E-state index contributed by atoms with van der Waals surface area (Å²) in [5, 5.41) is 0. The molecule has 0 radical (unpaired) electrons. The van der Waals surface area contributed by atoms with Gasteiger partial charge in [0.1, 0.15) is 5.84 Å². The molecule has 0 unspecified atom stereocenters. The van der Waals surface area contributed by atoms with Crippen LogP contribution in [0.3, 0.4) is 0 Å². The minimum Gasteiger partial charge on any atom is -0.382 e. The molecule has 0 aliphatic carbocycles. The molecule has 0 amide bonds. The summed E-state index contributed by atoms with van der Waals surface area (Å²) in [6.07, 6.45) is 1.31. The van der Waals surface area contributed by atoms with Crippen molar-refractivity contribution in [2.45, 2.75) is 0 Å². The van der Waals surface area contributed by atoms with Crippen LogP contribution in [0.4, 0.5) is 0 Å². The van der Waals surface area contributed by atoms with Crippen LogP contribution < -0.4 is 5.73 Å². The molecule has 8 heavy (non-hydrogen) atoms. The first-order valence-electron chi connectivity index (χ1n) is 1.96. The van der Waals surface area contributed by atoms with Crippen LogP contribution in [0.15, 0.2) is 15.8 Å². The molecule has 0 aromatic heterocycles. The van der Waals surface area contributed by atoms with E-state index in [1.165, 1.54) is 12.2 Å². The van der Waals surface area contributed by atoms with Crippen molar-refractivity contribution in [3.05, 3.63) is 5.82 Å². The fourth-order valence-electron chi connectivity index (χ4n) is 0.356. The largest absolute Gasteiger partial charge is 0.382 e. The third kappa shape index (κ3) is 0.643. The number of hydrogen-bond acceptors (Lipinski definition) is 4. The van der Waals surface area contributed by atoms with Crippen LogP contribution in [-0.4, -0.2) is 18.0 Å². The van der Waals surface area contributed by atoms with Gasteiger partial charge >= 0.3 is 0 Å². The van der Waals surface area contributed by atoms with E-state index in [-0.39, 0.29) is 11.7 Å². The third-order valence-corrected chi connectivity index (χ3v) is 0.645. The van der Waals surface area contributed by atoms with Crippen molar-refractivity contribution in [2.75, 3.05) is 0 Å². The Labute approximate surface area is 45.4 Å². The predicted octanol–water partition coefficient (Wildman–Crippen LogP) is -0.899. The lowest BCUT2D eigenvalue weighted by Gasteiger charge is -1.72. The number of rotatable bonds is 0. The summed E-state index contributed by atoms with van der Waals surface area (Å²) in [4.78, 5) is 16.7. The van der Waals surface area contributed by atoms with Crippen LogP contribution >= 0.6 is 0 Å². The highest BCUT2D eigenvalue weighted by Crippen LogP contribution is 1.96. The monoisotopic (exact) mass is 109 g/mol. The topological polar surface area (TPSA) is 67.8 Å². The zero-order valence-electron chi connectivity index (χ0n) is 3.96. The van der Waals surface area contributed by atoms with Crippen molar-refractivity contribution in [3.63, 3.8) is 0 Å². The van der Waals surface area contributed by atoms with E-state index in [1.54, 1.807) is 0 Å². The standard InChI is InChI=1S/C4H3N3O/c5-3-1-6-4(2-8)7-3/h1H,(H2,5,7). The molecule has 1 aliphatic heterocycles. The Morgan fingerprint density at radius 3 is 2.75 bits per heavy atom. The maximum absolute atomic E-state index is 9.71. The zero-order chi connectivity index (χ0) is 5.98. The molecule has 0 atom stereocenters. The van der Waals surface area contributed by atoms with Crippen molar-refractivity contribution in [2.24, 2.45) is 15.7 Å². The summed E-state index contributed by atoms with van der Waals surface area (Å²) in [5.41, 5.74) is 5.10. The van der Waals surface area contributed by atoms with Gasteiger partial charge in [0.15, 0.2) is 5.94 Å². The predicted molar refractivity (Wildman–Crippen MR) is 29.3 cm³/mol. The second-order valence-corrected chi connectivity index (χ2v) is 1.22. The van der Waals surface area contributed by atoms with E-state index in [0.29, 0.717) is 0 Å². The Kier molecular flexibility index (Phi) is 0.946. The van der Waals surface area contributed by atoms with Gasteiger partial charge in [-0.1, -0.05) is 0 Å². The Balaban J connectivity index is 3.01. The fraction of sp³-hybridized carbons (Fsp3) is 0. The Bertz CT molecular complexity index is 209. The van der Waals surface area contributed by atoms with Gasteiger partial charge in [0.25, 0.3) is 0 Å². The molecule has 4 nitrogen and oxygen atoms in total. The first kappa shape index (κ1) is 4.74. The van der Waals surface area contributed by atoms with Crippen molar-refractivity contribution < 1.29 is 4.79 Å². The van der Waals surface area contributed by atoms with Crippen LogP contribution in [0, 0.1) is 0 Å². The van der Waals surface area contributed by atoms with E-state index in [2.05, 4.69) is 9.98 Å². The molecule has 0 aromatic carbocycles. The molecule has 0 saturated heterocycles. The summed E-state index contributed by atoms with van der Waals surface area (Å²) in [7, 11) is 0. The number of amidine groups is 1. The minimum absolute atomic E-state index is 0.0162. The van der Waals surface area contributed by atoms with E-state index in [4.69, 9.17) is 5.73 Å². The van der Waals surface area contributed by atoms with Crippen LogP contribution in [0.1, 0.15) is 0 Å². The lowest BCUT2D eigenvalue weighted by molar-refractivity contribution is 0.566. The van der Waals surface area contributed by atoms with Gasteiger partial charge < -0.3 is 5.73 Å². The molecule has 4 heteroatoms. The summed E-state index contributed by atoms with van der Waals surface area (Å²) < 4.78 is 0. The molecule has 1 aliphatic rings. The van der Waals surface area contributed by atoms with Crippen LogP contribution in [0.5, 0.6) is 0 Å². The van der Waals surface area contributed by atoms with Crippen LogP contribution in [0.25, 0.3) is 0 Å². The number of carbonyl (C=O) groups excluding carboxylic acids is 1. The number of nitrogens with two attached hydrogens (primary N) is 1. The Morgan fingerprint density at radius 1 is 1.75 bits per heavy atom. The molecule has 0 bridgehead atoms. The fourth-order valence-corrected chi connectivity index (χ4v) is 0.356. The first-order chi connectivity index (χ1) is 3.83. The molecular formula is C4H3N3O. The molecule has 1 rings (SSSR count). The van der Waals surface area contributed by atoms with Gasteiger partial charge in [-0.15, -0.1) is 0 Å². The van der Waals surface area contributed by atoms with E-state index in [0.717, 1.165) is 0 Å². The molecule has 0 spiro atoms. The number of hydrogen-bond donors (Lipinski definition) is 1. The second-order valence-electron chi connectivity index (χ2n) is 1.22. The summed E-state index contributed by atoms with van der Waals surface area (Å²) in [6.45, 7) is 0. The minimum atomic E-state index is 0.0162. The van der Waals surface area contributed by atoms with Gasteiger partial charge in [-0.05, 0) is 0 Å². The van der Waals surface area contributed by atoms with Crippen molar-refractivity contribution in [1.29, 1.82) is 0 Å². The summed E-state index contributed by atoms with van der Waals surface area (Å²) in [6, 6.07) is 0. The van der Waals surface area contributed by atoms with E-state index < -0.39 is 0 Å². The summed E-state index contributed by atoms with van der Waals surface area (Å²) in [5.74, 6) is 1.76. The van der Waals surface area contributed by atoms with Gasteiger partial charge in [0, 0.05) is 0 Å². The lowest BCUT2D eigenvalue weighted by atomic mass is 10.7. The highest BCUT2D eigenvalue weighted by Gasteiger charge is 1.98. The normalized spacial score (nSPS) is 16.0. The van der Waals surface area contributed by atoms with Gasteiger partial charge in [-0.25, -0.2) is 9.79 Å². The molecule has 40 valence electrons. The second kappa shape index (κ2) is 1.60. The maximum atomic E-state index is 9.71. The molecule has 0 saturated carbocycles. The smallest absolute Gasteiger partial charge is 0.240 e. The quantitative estimate of drug-likeness (QED) is 0.409. The zero-order valence-corrected chi connectivity index (χ0v) is 3.96. The highest BCUT2D eigenvalue weighted by atomic mass is 16.1. The summed E-state index contributed by atoms with van der Waals surface area (Å²) >= 11 is 0. The average molecular weight is 109 g/mol. The molecular weight excluding hydrogens is 106 g/mol.